The number of hydrogen-bond acceptors (Lipinski definition) is 2. The predicted octanol–water partition coefficient (Wildman–Crippen LogP) is 2.15. The molecule has 1 atom stereocenters. The van der Waals surface area contributed by atoms with Gasteiger partial charge in [0.1, 0.15) is 0 Å². The van der Waals surface area contributed by atoms with Crippen LogP contribution in [0.1, 0.15) is 46.0 Å². The molecule has 1 unspecified atom stereocenters. The van der Waals surface area contributed by atoms with E-state index in [1.807, 2.05) is 0 Å². The normalized spacial score (nSPS) is 12.9. The molecule has 0 saturated heterocycles. The van der Waals surface area contributed by atoms with Crippen molar-refractivity contribution in [3.05, 3.63) is 0 Å². The third-order valence-corrected chi connectivity index (χ3v) is 2.59. The van der Waals surface area contributed by atoms with Crippen LogP contribution in [0, 0.1) is 0 Å². The van der Waals surface area contributed by atoms with Gasteiger partial charge in [-0.1, -0.05) is 0 Å². The Bertz CT molecular complexity index is 127. The zero-order chi connectivity index (χ0) is 9.40. The summed E-state index contributed by atoms with van der Waals surface area (Å²) in [7, 11) is 0. The monoisotopic (exact) mass is 210 g/mol. The van der Waals surface area contributed by atoms with E-state index in [0.717, 1.165) is 32.1 Å². The Morgan fingerprint density at radius 3 is 2.42 bits per heavy atom. The van der Waals surface area contributed by atoms with Gasteiger partial charge < -0.3 is 0 Å². The number of unbranched alkanes of at least 4 members (excludes halogenated alkanes) is 1. The van der Waals surface area contributed by atoms with Gasteiger partial charge in [0, 0.05) is 0 Å². The summed E-state index contributed by atoms with van der Waals surface area (Å²) in [5, 5.41) is 0. The van der Waals surface area contributed by atoms with Gasteiger partial charge in [-0.25, -0.2) is 0 Å². The van der Waals surface area contributed by atoms with Gasteiger partial charge in [0.2, 0.25) is 0 Å². The fourth-order valence-corrected chi connectivity index (χ4v) is 1.97. The molecular formula is C8H18O3Ti. The summed E-state index contributed by atoms with van der Waals surface area (Å²) in [6.07, 6.45) is 5.05. The average molecular weight is 210 g/mol. The van der Waals surface area contributed by atoms with E-state index in [1.54, 1.807) is 0 Å². The van der Waals surface area contributed by atoms with Gasteiger partial charge in [0.15, 0.2) is 0 Å². The molecule has 0 aromatic carbocycles. The minimum absolute atomic E-state index is 0.0208. The Morgan fingerprint density at radius 2 is 2.00 bits per heavy atom. The van der Waals surface area contributed by atoms with Gasteiger partial charge in [0.05, 0.1) is 0 Å². The average Bonchev–Trinajstić information content (AvgIpc) is 2.00. The van der Waals surface area contributed by atoms with E-state index in [2.05, 4.69) is 13.8 Å². The molecule has 0 amide bonds. The Kier molecular flexibility index (Phi) is 8.34. The van der Waals surface area contributed by atoms with Crippen molar-refractivity contribution in [3.8, 4) is 0 Å². The fraction of sp³-hybridized carbons (Fsp3) is 1.00. The van der Waals surface area contributed by atoms with Crippen LogP contribution in [0.15, 0.2) is 0 Å². The van der Waals surface area contributed by atoms with Gasteiger partial charge in [-0.15, -0.1) is 0 Å². The van der Waals surface area contributed by atoms with Crippen LogP contribution in [0.3, 0.4) is 0 Å². The van der Waals surface area contributed by atoms with E-state index >= 15 is 0 Å². The van der Waals surface area contributed by atoms with Crippen LogP contribution in [0.25, 0.3) is 0 Å². The van der Waals surface area contributed by atoms with E-state index in [-0.39, 0.29) is 6.10 Å². The van der Waals surface area contributed by atoms with Crippen LogP contribution in [-0.4, -0.2) is 9.79 Å². The van der Waals surface area contributed by atoms with E-state index < -0.39 is 18.6 Å². The quantitative estimate of drug-likeness (QED) is 0.655. The first kappa shape index (κ1) is 12.4. The molecule has 0 heterocycles. The molecule has 12 heavy (non-hydrogen) atoms. The maximum atomic E-state index is 10.5. The van der Waals surface area contributed by atoms with E-state index in [4.69, 9.17) is 7.01 Å². The Balaban J connectivity index is 3.61. The van der Waals surface area contributed by atoms with Crippen molar-refractivity contribution in [1.82, 2.24) is 0 Å². The van der Waals surface area contributed by atoms with E-state index in [9.17, 15) is 3.32 Å². The Hall–Kier alpha value is 0.434. The van der Waals surface area contributed by atoms with Crippen LogP contribution in [0.5, 0.6) is 0 Å². The summed E-state index contributed by atoms with van der Waals surface area (Å²) in [5.74, 6) is 0. The topological polar surface area (TPSA) is 46.5 Å². The summed E-state index contributed by atoms with van der Waals surface area (Å²) in [5.41, 5.74) is 0. The molecule has 0 radical (unpaired) electrons. The molecule has 1 N–H and O–H groups in total. The van der Waals surface area contributed by atoms with Crippen molar-refractivity contribution in [2.75, 3.05) is 0 Å². The van der Waals surface area contributed by atoms with Crippen LogP contribution >= 0.6 is 0 Å². The van der Waals surface area contributed by atoms with Crippen LogP contribution in [0.4, 0.5) is 0 Å². The molecule has 0 aliphatic heterocycles. The SMILES string of the molecule is CCCCC(CCC)[O][Ti](=[O])[OH]. The molecule has 0 rings (SSSR count). The van der Waals surface area contributed by atoms with Crippen molar-refractivity contribution in [2.45, 2.75) is 52.1 Å². The molecule has 0 aromatic rings. The molecule has 0 aromatic heterocycles. The second-order valence-corrected chi connectivity index (χ2v) is 4.14. The molecule has 3 nitrogen and oxygen atoms in total. The third-order valence-electron chi connectivity index (χ3n) is 1.76. The summed E-state index contributed by atoms with van der Waals surface area (Å²) in [6.45, 7) is 4.17. The summed E-state index contributed by atoms with van der Waals surface area (Å²) in [6, 6.07) is 0. The summed E-state index contributed by atoms with van der Waals surface area (Å²) < 4.78 is 24.1. The molecule has 0 aliphatic rings. The number of rotatable bonds is 7. The molecule has 0 bridgehead atoms. The molecule has 0 fully saturated rings. The molecule has 0 aliphatic carbocycles. The standard InChI is InChI=1S/C8H17O.H2O.O.Ti/c1-3-5-7-8(9)6-4-2;;;/h8H,3-7H2,1-2H3;1H2;;/q-1;;;+2/p-1. The second kappa shape index (κ2) is 8.05. The van der Waals surface area contributed by atoms with Gasteiger partial charge >= 0.3 is 81.0 Å². The Morgan fingerprint density at radius 1 is 1.33 bits per heavy atom. The van der Waals surface area contributed by atoms with E-state index in [0.29, 0.717) is 0 Å². The molecule has 72 valence electrons. The predicted molar refractivity (Wildman–Crippen MR) is 42.2 cm³/mol. The zero-order valence-corrected chi connectivity index (χ0v) is 9.44. The third kappa shape index (κ3) is 7.10. The van der Waals surface area contributed by atoms with Crippen molar-refractivity contribution >= 4 is 0 Å². The van der Waals surface area contributed by atoms with Crippen molar-refractivity contribution in [1.29, 1.82) is 0 Å². The summed E-state index contributed by atoms with van der Waals surface area (Å²) >= 11 is -3.29. The van der Waals surface area contributed by atoms with E-state index in [1.165, 1.54) is 0 Å². The number of hydrogen-bond donors (Lipinski definition) is 1. The maximum absolute atomic E-state index is 10.5. The Labute approximate surface area is 81.2 Å². The molecule has 4 heteroatoms. The van der Waals surface area contributed by atoms with Crippen LogP contribution in [-0.2, 0) is 25.3 Å². The van der Waals surface area contributed by atoms with Crippen molar-refractivity contribution in [2.24, 2.45) is 0 Å². The van der Waals surface area contributed by atoms with Crippen molar-refractivity contribution < 1.29 is 28.9 Å². The second-order valence-electron chi connectivity index (χ2n) is 2.94. The fourth-order valence-electron chi connectivity index (χ4n) is 1.16. The molecular weight excluding hydrogens is 192 g/mol. The van der Waals surface area contributed by atoms with Gasteiger partial charge in [-0.05, 0) is 0 Å². The minimum atomic E-state index is -3.29. The molecule has 0 spiro atoms. The first-order valence-corrected chi connectivity index (χ1v) is 6.57. The summed E-state index contributed by atoms with van der Waals surface area (Å²) in [4.78, 5) is 0. The van der Waals surface area contributed by atoms with Crippen LogP contribution in [0.2, 0.25) is 0 Å². The van der Waals surface area contributed by atoms with Gasteiger partial charge in [-0.3, -0.25) is 0 Å². The molecule has 0 saturated carbocycles. The van der Waals surface area contributed by atoms with Gasteiger partial charge in [0.25, 0.3) is 0 Å². The van der Waals surface area contributed by atoms with Crippen molar-refractivity contribution in [3.63, 3.8) is 0 Å². The zero-order valence-electron chi connectivity index (χ0n) is 7.88. The van der Waals surface area contributed by atoms with Gasteiger partial charge in [-0.2, -0.15) is 0 Å². The van der Waals surface area contributed by atoms with Crippen LogP contribution < -0.4 is 0 Å². The first-order chi connectivity index (χ1) is 5.70. The first-order valence-electron chi connectivity index (χ1n) is 4.60.